The Morgan fingerprint density at radius 2 is 2.10 bits per heavy atom. The zero-order valence-corrected chi connectivity index (χ0v) is 5.49. The van der Waals surface area contributed by atoms with E-state index in [-0.39, 0.29) is 5.91 Å². The highest BCUT2D eigenvalue weighted by Gasteiger charge is 2.05. The first-order valence-electron chi connectivity index (χ1n) is 2.89. The highest BCUT2D eigenvalue weighted by Crippen LogP contribution is 1.93. The lowest BCUT2D eigenvalue weighted by molar-refractivity contribution is -0.119. The zero-order chi connectivity index (χ0) is 7.98. The number of halogens is 2. The summed E-state index contributed by atoms with van der Waals surface area (Å²) in [6.45, 7) is 3.11. The Labute approximate surface area is 57.9 Å². The van der Waals surface area contributed by atoms with Crippen molar-refractivity contribution >= 4 is 5.91 Å². The number of carbonyl (C=O) groups is 1. The predicted molar refractivity (Wildman–Crippen MR) is 33.6 cm³/mol. The maximum Gasteiger partial charge on any atom is 0.263 e. The SMILES string of the molecule is C=C(F)F.O=C1CCCN1. The van der Waals surface area contributed by atoms with Crippen LogP contribution in [0, 0.1) is 0 Å². The number of rotatable bonds is 0. The molecule has 58 valence electrons. The van der Waals surface area contributed by atoms with Crippen LogP contribution in [-0.2, 0) is 4.79 Å². The summed E-state index contributed by atoms with van der Waals surface area (Å²) in [7, 11) is 0. The molecule has 0 spiro atoms. The highest BCUT2D eigenvalue weighted by molar-refractivity contribution is 5.77. The van der Waals surface area contributed by atoms with E-state index in [1.54, 1.807) is 0 Å². The van der Waals surface area contributed by atoms with Crippen molar-refractivity contribution in [2.75, 3.05) is 6.54 Å². The third-order valence-corrected chi connectivity index (χ3v) is 0.903. The van der Waals surface area contributed by atoms with Gasteiger partial charge in [0.2, 0.25) is 5.91 Å². The quantitative estimate of drug-likeness (QED) is 0.552. The van der Waals surface area contributed by atoms with E-state index in [1.165, 1.54) is 0 Å². The van der Waals surface area contributed by atoms with E-state index in [4.69, 9.17) is 0 Å². The standard InChI is InChI=1S/C4H7NO.C2H2F2/c6-4-2-1-3-5-4;1-2(3)4/h1-3H2,(H,5,6);1H2. The van der Waals surface area contributed by atoms with Crippen molar-refractivity contribution in [2.45, 2.75) is 12.8 Å². The third kappa shape index (κ3) is 7.07. The summed E-state index contributed by atoms with van der Waals surface area (Å²) in [5.74, 6) is 0.204. The Balaban J connectivity index is 0.000000180. The monoisotopic (exact) mass is 149 g/mol. The molecule has 0 radical (unpaired) electrons. The van der Waals surface area contributed by atoms with Gasteiger partial charge in [-0.2, -0.15) is 8.78 Å². The Morgan fingerprint density at radius 1 is 1.60 bits per heavy atom. The Morgan fingerprint density at radius 3 is 2.20 bits per heavy atom. The van der Waals surface area contributed by atoms with Gasteiger partial charge in [-0.25, -0.2) is 0 Å². The van der Waals surface area contributed by atoms with Crippen LogP contribution < -0.4 is 5.32 Å². The van der Waals surface area contributed by atoms with Crippen LogP contribution in [0.2, 0.25) is 0 Å². The van der Waals surface area contributed by atoms with Gasteiger partial charge in [-0.05, 0) is 13.0 Å². The lowest BCUT2D eigenvalue weighted by Crippen LogP contribution is -2.12. The zero-order valence-electron chi connectivity index (χ0n) is 5.49. The molecule has 0 aromatic heterocycles. The van der Waals surface area contributed by atoms with Gasteiger partial charge in [-0.3, -0.25) is 4.79 Å². The van der Waals surface area contributed by atoms with Crippen molar-refractivity contribution in [3.63, 3.8) is 0 Å². The van der Waals surface area contributed by atoms with Crippen molar-refractivity contribution in [3.05, 3.63) is 12.7 Å². The second-order valence-electron chi connectivity index (χ2n) is 1.79. The molecule has 1 amide bonds. The van der Waals surface area contributed by atoms with Crippen LogP contribution in [0.4, 0.5) is 8.78 Å². The van der Waals surface area contributed by atoms with Crippen LogP contribution in [0.3, 0.4) is 0 Å². The molecule has 1 N–H and O–H groups in total. The molecule has 0 unspecified atom stereocenters. The van der Waals surface area contributed by atoms with Crippen molar-refractivity contribution in [3.8, 4) is 0 Å². The predicted octanol–water partition coefficient (Wildman–Crippen LogP) is 1.29. The van der Waals surface area contributed by atoms with Crippen molar-refractivity contribution in [1.82, 2.24) is 5.32 Å². The summed E-state index contributed by atoms with van der Waals surface area (Å²) >= 11 is 0. The lowest BCUT2D eigenvalue weighted by atomic mass is 10.4. The molecule has 1 rings (SSSR count). The summed E-state index contributed by atoms with van der Waals surface area (Å²) < 4.78 is 20.3. The maximum absolute atomic E-state index is 10.1. The molecule has 0 aromatic carbocycles. The van der Waals surface area contributed by atoms with Crippen LogP contribution in [-0.4, -0.2) is 12.5 Å². The molecule has 4 heteroatoms. The van der Waals surface area contributed by atoms with Gasteiger partial charge in [0, 0.05) is 13.0 Å². The lowest BCUT2D eigenvalue weighted by Gasteiger charge is -1.80. The van der Waals surface area contributed by atoms with Crippen molar-refractivity contribution < 1.29 is 13.6 Å². The topological polar surface area (TPSA) is 29.1 Å². The summed E-state index contributed by atoms with van der Waals surface area (Å²) in [5.41, 5.74) is 0. The second-order valence-corrected chi connectivity index (χ2v) is 1.79. The summed E-state index contributed by atoms with van der Waals surface area (Å²) in [6.07, 6.45) is -0.0706. The third-order valence-electron chi connectivity index (χ3n) is 0.903. The van der Waals surface area contributed by atoms with Crippen LogP contribution in [0.25, 0.3) is 0 Å². The van der Waals surface area contributed by atoms with Crippen molar-refractivity contribution in [1.29, 1.82) is 0 Å². The van der Waals surface area contributed by atoms with Crippen LogP contribution in [0.1, 0.15) is 12.8 Å². The van der Waals surface area contributed by atoms with E-state index in [9.17, 15) is 13.6 Å². The Bertz CT molecular complexity index is 124. The van der Waals surface area contributed by atoms with Gasteiger partial charge in [0.05, 0.1) is 0 Å². The van der Waals surface area contributed by atoms with Gasteiger partial charge in [-0.15, -0.1) is 0 Å². The molecule has 2 nitrogen and oxygen atoms in total. The van der Waals surface area contributed by atoms with Gasteiger partial charge in [0.1, 0.15) is 0 Å². The van der Waals surface area contributed by atoms with Crippen LogP contribution >= 0.6 is 0 Å². The second kappa shape index (κ2) is 4.90. The van der Waals surface area contributed by atoms with E-state index in [0.29, 0.717) is 0 Å². The molecular weight excluding hydrogens is 140 g/mol. The molecule has 0 aliphatic carbocycles. The Hall–Kier alpha value is -0.930. The average Bonchev–Trinajstić information content (AvgIpc) is 2.15. The molecule has 1 aliphatic rings. The molecule has 0 saturated carbocycles. The van der Waals surface area contributed by atoms with E-state index in [1.807, 2.05) is 0 Å². The molecule has 1 fully saturated rings. The fourth-order valence-electron chi connectivity index (χ4n) is 0.565. The molecule has 1 heterocycles. The van der Waals surface area contributed by atoms with E-state index in [0.717, 1.165) is 19.4 Å². The number of carbonyl (C=O) groups excluding carboxylic acids is 1. The van der Waals surface area contributed by atoms with Crippen LogP contribution in [0.5, 0.6) is 0 Å². The van der Waals surface area contributed by atoms with E-state index < -0.39 is 6.08 Å². The molecular formula is C6H9F2NO. The first kappa shape index (κ1) is 9.07. The summed E-state index contributed by atoms with van der Waals surface area (Å²) in [6, 6.07) is 0. The minimum absolute atomic E-state index is 0.204. The molecule has 0 bridgehead atoms. The maximum atomic E-state index is 10.1. The van der Waals surface area contributed by atoms with Crippen LogP contribution in [0.15, 0.2) is 12.7 Å². The number of amides is 1. The average molecular weight is 149 g/mol. The normalized spacial score (nSPS) is 15.2. The molecule has 1 saturated heterocycles. The van der Waals surface area contributed by atoms with Gasteiger partial charge in [-0.1, -0.05) is 0 Å². The summed E-state index contributed by atoms with van der Waals surface area (Å²) in [5, 5.41) is 2.68. The molecule has 10 heavy (non-hydrogen) atoms. The van der Waals surface area contributed by atoms with Gasteiger partial charge in [0.15, 0.2) is 0 Å². The van der Waals surface area contributed by atoms with Gasteiger partial charge in [0.25, 0.3) is 6.08 Å². The molecule has 0 atom stereocenters. The van der Waals surface area contributed by atoms with Crippen molar-refractivity contribution in [2.24, 2.45) is 0 Å². The Kier molecular flexibility index (Phi) is 4.45. The fourth-order valence-corrected chi connectivity index (χ4v) is 0.565. The number of nitrogens with one attached hydrogen (secondary N) is 1. The van der Waals surface area contributed by atoms with Gasteiger partial charge >= 0.3 is 0 Å². The minimum atomic E-state index is -1.83. The molecule has 1 aliphatic heterocycles. The molecule has 0 aromatic rings. The summed E-state index contributed by atoms with van der Waals surface area (Å²) in [4.78, 5) is 10.1. The first-order valence-corrected chi connectivity index (χ1v) is 2.89. The number of hydrogen-bond donors (Lipinski definition) is 1. The van der Waals surface area contributed by atoms with E-state index in [2.05, 4.69) is 11.9 Å². The smallest absolute Gasteiger partial charge is 0.263 e. The van der Waals surface area contributed by atoms with Gasteiger partial charge < -0.3 is 5.32 Å². The largest absolute Gasteiger partial charge is 0.356 e. The number of hydrogen-bond acceptors (Lipinski definition) is 1. The fraction of sp³-hybridized carbons (Fsp3) is 0.500. The first-order chi connectivity index (χ1) is 4.63. The highest BCUT2D eigenvalue weighted by atomic mass is 19.3. The van der Waals surface area contributed by atoms with E-state index >= 15 is 0 Å². The minimum Gasteiger partial charge on any atom is -0.356 e.